The molecule has 2 aliphatic rings. The number of amides is 1. The molecule has 0 aliphatic carbocycles. The molecule has 0 spiro atoms. The highest BCUT2D eigenvalue weighted by molar-refractivity contribution is 7.19. The summed E-state index contributed by atoms with van der Waals surface area (Å²) in [6.45, 7) is 13.0. The summed E-state index contributed by atoms with van der Waals surface area (Å²) < 4.78 is 6.94. The van der Waals surface area contributed by atoms with Crippen molar-refractivity contribution in [3.63, 3.8) is 0 Å². The largest absolute Gasteiger partial charge is 0.444 e. The average Bonchev–Trinajstić information content (AvgIpc) is 3.09. The van der Waals surface area contributed by atoms with Crippen molar-refractivity contribution < 1.29 is 9.53 Å². The van der Waals surface area contributed by atoms with Crippen LogP contribution in [0.5, 0.6) is 0 Å². The highest BCUT2D eigenvalue weighted by Gasteiger charge is 2.34. The summed E-state index contributed by atoms with van der Waals surface area (Å²) in [6.07, 6.45) is 4.17. The predicted octanol–water partition coefficient (Wildman–Crippen LogP) is 5.97. The van der Waals surface area contributed by atoms with Crippen LogP contribution in [0, 0.1) is 11.8 Å². The molecule has 2 unspecified atom stereocenters. The molecule has 2 aliphatic heterocycles. The molecule has 6 heteroatoms. The molecular weight excluding hydrogens is 406 g/mol. The number of hydrogen-bond donors (Lipinski definition) is 0. The molecule has 31 heavy (non-hydrogen) atoms. The summed E-state index contributed by atoms with van der Waals surface area (Å²) in [5, 5.41) is 1.13. The van der Waals surface area contributed by atoms with Crippen LogP contribution in [0.2, 0.25) is 0 Å². The number of nitrogens with zero attached hydrogens (tertiary/aromatic N) is 3. The van der Waals surface area contributed by atoms with Gasteiger partial charge in [-0.25, -0.2) is 9.78 Å². The molecule has 1 fully saturated rings. The van der Waals surface area contributed by atoms with Gasteiger partial charge in [-0.1, -0.05) is 26.0 Å². The minimum absolute atomic E-state index is 0.0436. The van der Waals surface area contributed by atoms with Gasteiger partial charge in [0.15, 0.2) is 0 Å². The number of likely N-dealkylation sites (N-methyl/N-ethyl adjacent to an activating group) is 1. The van der Waals surface area contributed by atoms with Gasteiger partial charge in [-0.15, -0.1) is 11.3 Å². The summed E-state index contributed by atoms with van der Waals surface area (Å²) in [4.78, 5) is 22.2. The number of carbonyl (C=O) groups is 1. The molecule has 5 nitrogen and oxygen atoms in total. The maximum Gasteiger partial charge on any atom is 0.410 e. The van der Waals surface area contributed by atoms with E-state index < -0.39 is 5.60 Å². The molecule has 0 N–H and O–H groups in total. The molecule has 1 aromatic carbocycles. The van der Waals surface area contributed by atoms with E-state index in [1.54, 1.807) is 11.3 Å². The minimum Gasteiger partial charge on any atom is -0.444 e. The first-order chi connectivity index (χ1) is 14.6. The molecule has 0 bridgehead atoms. The Kier molecular flexibility index (Phi) is 6.14. The van der Waals surface area contributed by atoms with Crippen LogP contribution in [0.1, 0.15) is 64.1 Å². The summed E-state index contributed by atoms with van der Waals surface area (Å²) in [5.74, 6) is 0.970. The van der Waals surface area contributed by atoms with Gasteiger partial charge in [-0.05, 0) is 75.8 Å². The molecule has 0 saturated carbocycles. The Hall–Kier alpha value is -1.92. The van der Waals surface area contributed by atoms with Crippen molar-refractivity contribution in [1.29, 1.82) is 0 Å². The number of hydrogen-bond acceptors (Lipinski definition) is 5. The summed E-state index contributed by atoms with van der Waals surface area (Å²) in [6, 6.07) is 6.58. The van der Waals surface area contributed by atoms with Gasteiger partial charge in [0.25, 0.3) is 0 Å². The maximum atomic E-state index is 13.0. The molecule has 1 saturated heterocycles. The number of thiazole rings is 1. The number of piperidine rings is 1. The monoisotopic (exact) mass is 441 g/mol. The van der Waals surface area contributed by atoms with Gasteiger partial charge in [0.2, 0.25) is 0 Å². The number of carbonyl (C=O) groups excluding carboxylic acids is 1. The van der Waals surface area contributed by atoms with Crippen molar-refractivity contribution in [2.45, 2.75) is 59.1 Å². The van der Waals surface area contributed by atoms with Gasteiger partial charge in [-0.2, -0.15) is 0 Å². The molecule has 4 rings (SSSR count). The Balaban J connectivity index is 1.63. The number of aromatic nitrogens is 1. The van der Waals surface area contributed by atoms with Crippen molar-refractivity contribution in [3.8, 4) is 0 Å². The number of benzene rings is 1. The van der Waals surface area contributed by atoms with E-state index in [2.05, 4.69) is 50.1 Å². The smallest absolute Gasteiger partial charge is 0.410 e. The predicted molar refractivity (Wildman–Crippen MR) is 128 cm³/mol. The third-order valence-electron chi connectivity index (χ3n) is 6.23. The Morgan fingerprint density at radius 2 is 1.97 bits per heavy atom. The number of likely N-dealkylation sites (tertiary alicyclic amines) is 1. The lowest BCUT2D eigenvalue weighted by Gasteiger charge is -2.39. The van der Waals surface area contributed by atoms with E-state index in [0.29, 0.717) is 11.8 Å². The van der Waals surface area contributed by atoms with Crippen LogP contribution in [0.15, 0.2) is 24.3 Å². The molecule has 1 amide bonds. The first-order valence-electron chi connectivity index (χ1n) is 11.4. The zero-order valence-electron chi connectivity index (χ0n) is 19.6. The number of rotatable bonds is 2. The van der Waals surface area contributed by atoms with Gasteiger partial charge in [0.1, 0.15) is 10.6 Å². The number of fused-ring (bicyclic) bond motifs is 1. The molecule has 3 atom stereocenters. The summed E-state index contributed by atoms with van der Waals surface area (Å²) in [5.41, 5.74) is 3.07. The van der Waals surface area contributed by atoms with Crippen LogP contribution in [0.25, 0.3) is 15.8 Å². The Labute approximate surface area is 190 Å². The highest BCUT2D eigenvalue weighted by Crippen LogP contribution is 2.38. The van der Waals surface area contributed by atoms with Crippen LogP contribution in [0.3, 0.4) is 0 Å². The lowest BCUT2D eigenvalue weighted by atomic mass is 9.90. The second-order valence-electron chi connectivity index (χ2n) is 10.4. The van der Waals surface area contributed by atoms with E-state index in [1.807, 2.05) is 25.7 Å². The SMILES string of the molecule is CC1CN(C)CC=C1c1nc2cc(C3CC[C@H](C)CN3C(=O)OC(C)(C)C)ccc2s1. The van der Waals surface area contributed by atoms with Crippen LogP contribution >= 0.6 is 11.3 Å². The van der Waals surface area contributed by atoms with Crippen LogP contribution < -0.4 is 0 Å². The van der Waals surface area contributed by atoms with Gasteiger partial charge >= 0.3 is 6.09 Å². The molecule has 2 aromatic rings. The van der Waals surface area contributed by atoms with Gasteiger partial charge in [0, 0.05) is 19.6 Å². The fourth-order valence-corrected chi connectivity index (χ4v) is 5.79. The maximum absolute atomic E-state index is 13.0. The van der Waals surface area contributed by atoms with Crippen molar-refractivity contribution in [2.75, 3.05) is 26.7 Å². The highest BCUT2D eigenvalue weighted by atomic mass is 32.1. The van der Waals surface area contributed by atoms with E-state index in [9.17, 15) is 4.79 Å². The van der Waals surface area contributed by atoms with Crippen LogP contribution in [0.4, 0.5) is 4.79 Å². The van der Waals surface area contributed by atoms with Crippen LogP contribution in [-0.4, -0.2) is 53.2 Å². The molecule has 0 radical (unpaired) electrons. The first kappa shape index (κ1) is 22.3. The topological polar surface area (TPSA) is 45.7 Å². The molecular formula is C25H35N3O2S. The first-order valence-corrected chi connectivity index (χ1v) is 12.2. The van der Waals surface area contributed by atoms with E-state index >= 15 is 0 Å². The quantitative estimate of drug-likeness (QED) is 0.576. The van der Waals surface area contributed by atoms with E-state index in [1.165, 1.54) is 10.3 Å². The van der Waals surface area contributed by atoms with Crippen molar-refractivity contribution in [2.24, 2.45) is 11.8 Å². The second-order valence-corrected chi connectivity index (χ2v) is 11.4. The summed E-state index contributed by atoms with van der Waals surface area (Å²) >= 11 is 1.78. The van der Waals surface area contributed by atoms with Crippen LogP contribution in [-0.2, 0) is 4.74 Å². The Morgan fingerprint density at radius 1 is 1.19 bits per heavy atom. The van der Waals surface area contributed by atoms with Gasteiger partial charge in [-0.3, -0.25) is 0 Å². The third-order valence-corrected chi connectivity index (χ3v) is 7.31. The standard InChI is InChI=1S/C25H35N3O2S/c1-16-7-9-21(28(14-16)24(29)30-25(3,4)5)18-8-10-22-20(13-18)26-23(31-22)19-11-12-27(6)15-17(19)2/h8,10-11,13,16-17,21H,7,9,12,14-15H2,1-6H3/t16-,17?,21?/m0/s1. The lowest BCUT2D eigenvalue weighted by Crippen LogP contribution is -2.44. The zero-order valence-corrected chi connectivity index (χ0v) is 20.5. The lowest BCUT2D eigenvalue weighted by molar-refractivity contribution is 0.00365. The van der Waals surface area contributed by atoms with Crippen molar-refractivity contribution in [1.82, 2.24) is 14.8 Å². The van der Waals surface area contributed by atoms with Crippen molar-refractivity contribution in [3.05, 3.63) is 34.8 Å². The minimum atomic E-state index is -0.491. The fraction of sp³-hybridized carbons (Fsp3) is 0.600. The second kappa shape index (κ2) is 8.55. The van der Waals surface area contributed by atoms with E-state index in [0.717, 1.165) is 48.6 Å². The molecule has 3 heterocycles. The number of ether oxygens (including phenoxy) is 1. The molecule has 168 valence electrons. The molecule has 1 aromatic heterocycles. The Morgan fingerprint density at radius 3 is 2.68 bits per heavy atom. The average molecular weight is 442 g/mol. The fourth-order valence-electron chi connectivity index (χ4n) is 4.69. The van der Waals surface area contributed by atoms with Gasteiger partial charge < -0.3 is 14.5 Å². The Bertz CT molecular complexity index is 990. The zero-order chi connectivity index (χ0) is 22.3. The third kappa shape index (κ3) is 4.96. The van der Waals surface area contributed by atoms with Crippen molar-refractivity contribution >= 4 is 33.2 Å². The van der Waals surface area contributed by atoms with E-state index in [-0.39, 0.29) is 12.1 Å². The van der Waals surface area contributed by atoms with E-state index in [4.69, 9.17) is 9.72 Å². The van der Waals surface area contributed by atoms with Gasteiger partial charge in [0.05, 0.1) is 16.3 Å². The summed E-state index contributed by atoms with van der Waals surface area (Å²) in [7, 11) is 2.16. The normalized spacial score (nSPS) is 25.5.